The van der Waals surface area contributed by atoms with E-state index in [0.717, 1.165) is 49.3 Å². The first-order chi connectivity index (χ1) is 18.0. The molecule has 0 spiro atoms. The van der Waals surface area contributed by atoms with Crippen molar-refractivity contribution in [3.63, 3.8) is 0 Å². The molecular weight excluding hydrogens is 462 g/mol. The van der Waals surface area contributed by atoms with Gasteiger partial charge in [0, 0.05) is 17.8 Å². The van der Waals surface area contributed by atoms with E-state index in [-0.39, 0.29) is 5.91 Å². The molecule has 6 heteroatoms. The third-order valence-electron chi connectivity index (χ3n) is 6.30. The number of hydrogen-bond acceptors (Lipinski definition) is 5. The van der Waals surface area contributed by atoms with Crippen molar-refractivity contribution in [2.75, 3.05) is 30.3 Å². The normalized spacial score (nSPS) is 13.8. The maximum absolute atomic E-state index is 13.2. The number of anilines is 2. The highest BCUT2D eigenvalue weighted by atomic mass is 16.5. The number of rotatable bonds is 11. The molecule has 0 unspecified atom stereocenters. The van der Waals surface area contributed by atoms with Crippen molar-refractivity contribution in [1.29, 1.82) is 0 Å². The van der Waals surface area contributed by atoms with Crippen LogP contribution in [0.2, 0.25) is 0 Å². The third-order valence-corrected chi connectivity index (χ3v) is 6.30. The molecule has 1 aliphatic heterocycles. The number of carbonyl (C=O) groups is 2. The van der Waals surface area contributed by atoms with E-state index in [2.05, 4.69) is 53.6 Å². The van der Waals surface area contributed by atoms with Crippen molar-refractivity contribution in [3.05, 3.63) is 95.1 Å². The molecule has 1 amide bonds. The Balaban J connectivity index is 1.67. The molecule has 3 aromatic carbocycles. The van der Waals surface area contributed by atoms with Crippen LogP contribution in [0.3, 0.4) is 0 Å². The van der Waals surface area contributed by atoms with E-state index in [1.807, 2.05) is 30.3 Å². The molecule has 2 N–H and O–H groups in total. The standard InChI is InChI=1S/C31H35N3O3/c1-4-18-34(19-5-2)21-22-12-15-25(16-13-22)32-29(23-10-8-7-9-11-23)28-26-17-14-24(31(36)37-6-3)20-27(26)33-30(28)35/h7-17,20,32H,4-6,18-19,21H2,1-3H3,(H,33,35)/b29-28-. The van der Waals surface area contributed by atoms with Gasteiger partial charge in [0.05, 0.1) is 29.1 Å². The molecule has 0 saturated carbocycles. The molecule has 3 aromatic rings. The summed E-state index contributed by atoms with van der Waals surface area (Å²) in [7, 11) is 0. The molecule has 192 valence electrons. The largest absolute Gasteiger partial charge is 0.462 e. The van der Waals surface area contributed by atoms with Gasteiger partial charge in [-0.3, -0.25) is 9.69 Å². The first kappa shape index (κ1) is 26.2. The highest BCUT2D eigenvalue weighted by molar-refractivity contribution is 6.37. The summed E-state index contributed by atoms with van der Waals surface area (Å²) < 4.78 is 5.12. The highest BCUT2D eigenvalue weighted by Crippen LogP contribution is 2.38. The van der Waals surface area contributed by atoms with Crippen LogP contribution in [-0.2, 0) is 16.1 Å². The van der Waals surface area contributed by atoms with Gasteiger partial charge in [-0.25, -0.2) is 4.79 Å². The quantitative estimate of drug-likeness (QED) is 0.236. The highest BCUT2D eigenvalue weighted by Gasteiger charge is 2.29. The summed E-state index contributed by atoms with van der Waals surface area (Å²) in [5.41, 5.74) is 6.07. The number of esters is 1. The average molecular weight is 498 g/mol. The monoisotopic (exact) mass is 497 g/mol. The van der Waals surface area contributed by atoms with Crippen molar-refractivity contribution in [1.82, 2.24) is 4.90 Å². The van der Waals surface area contributed by atoms with E-state index < -0.39 is 5.97 Å². The summed E-state index contributed by atoms with van der Waals surface area (Å²) in [6, 6.07) is 23.4. The number of carbonyl (C=O) groups excluding carboxylic acids is 2. The molecule has 6 nitrogen and oxygen atoms in total. The second kappa shape index (κ2) is 12.4. The summed E-state index contributed by atoms with van der Waals surface area (Å²) in [4.78, 5) is 27.9. The van der Waals surface area contributed by atoms with E-state index in [9.17, 15) is 9.59 Å². The predicted molar refractivity (Wildman–Crippen MR) is 150 cm³/mol. The van der Waals surface area contributed by atoms with Crippen LogP contribution < -0.4 is 10.6 Å². The average Bonchev–Trinajstić information content (AvgIpc) is 3.24. The summed E-state index contributed by atoms with van der Waals surface area (Å²) >= 11 is 0. The Morgan fingerprint density at radius 1 is 0.892 bits per heavy atom. The minimum absolute atomic E-state index is 0.214. The molecule has 1 heterocycles. The maximum Gasteiger partial charge on any atom is 0.338 e. The number of ether oxygens (including phenoxy) is 1. The van der Waals surface area contributed by atoms with E-state index in [1.165, 1.54) is 5.56 Å². The van der Waals surface area contributed by atoms with Gasteiger partial charge in [0.2, 0.25) is 0 Å². The summed E-state index contributed by atoms with van der Waals surface area (Å²) in [6.45, 7) is 9.59. The molecule has 0 radical (unpaired) electrons. The Labute approximate surface area is 219 Å². The topological polar surface area (TPSA) is 70.7 Å². The van der Waals surface area contributed by atoms with Crippen molar-refractivity contribution < 1.29 is 14.3 Å². The van der Waals surface area contributed by atoms with Gasteiger partial charge in [-0.15, -0.1) is 0 Å². The lowest BCUT2D eigenvalue weighted by atomic mass is 9.99. The molecular formula is C31H35N3O3. The fraction of sp³-hybridized carbons (Fsp3) is 0.290. The molecule has 0 aromatic heterocycles. The lowest BCUT2D eigenvalue weighted by Gasteiger charge is -2.21. The van der Waals surface area contributed by atoms with Gasteiger partial charge < -0.3 is 15.4 Å². The van der Waals surface area contributed by atoms with Gasteiger partial charge in [-0.1, -0.05) is 62.4 Å². The number of amides is 1. The Bertz CT molecular complexity index is 1260. The second-order valence-corrected chi connectivity index (χ2v) is 9.15. The predicted octanol–water partition coefficient (Wildman–Crippen LogP) is 6.42. The molecule has 0 aliphatic carbocycles. The van der Waals surface area contributed by atoms with E-state index in [1.54, 1.807) is 25.1 Å². The fourth-order valence-electron chi connectivity index (χ4n) is 4.64. The Morgan fingerprint density at radius 3 is 2.24 bits per heavy atom. The zero-order valence-electron chi connectivity index (χ0n) is 21.8. The minimum atomic E-state index is -0.407. The number of hydrogen-bond donors (Lipinski definition) is 2. The van der Waals surface area contributed by atoms with Crippen molar-refractivity contribution in [2.24, 2.45) is 0 Å². The molecule has 0 atom stereocenters. The zero-order valence-corrected chi connectivity index (χ0v) is 21.8. The molecule has 0 fully saturated rings. The zero-order chi connectivity index (χ0) is 26.2. The lowest BCUT2D eigenvalue weighted by Crippen LogP contribution is -2.24. The first-order valence-corrected chi connectivity index (χ1v) is 13.0. The van der Waals surface area contributed by atoms with Crippen LogP contribution in [0, 0.1) is 0 Å². The van der Waals surface area contributed by atoms with Crippen molar-refractivity contribution in [2.45, 2.75) is 40.2 Å². The van der Waals surface area contributed by atoms with Crippen LogP contribution in [-0.4, -0.2) is 36.5 Å². The van der Waals surface area contributed by atoms with Gasteiger partial charge in [-0.05, 0) is 68.2 Å². The van der Waals surface area contributed by atoms with Gasteiger partial charge in [0.15, 0.2) is 0 Å². The molecule has 1 aliphatic rings. The minimum Gasteiger partial charge on any atom is -0.462 e. The van der Waals surface area contributed by atoms with E-state index in [4.69, 9.17) is 4.74 Å². The Kier molecular flexibility index (Phi) is 8.75. The van der Waals surface area contributed by atoms with Crippen LogP contribution in [0.5, 0.6) is 0 Å². The fourth-order valence-corrected chi connectivity index (χ4v) is 4.64. The molecule has 37 heavy (non-hydrogen) atoms. The van der Waals surface area contributed by atoms with Gasteiger partial charge in [-0.2, -0.15) is 0 Å². The maximum atomic E-state index is 13.2. The van der Waals surface area contributed by atoms with Gasteiger partial charge in [0.1, 0.15) is 0 Å². The van der Waals surface area contributed by atoms with Crippen molar-refractivity contribution >= 4 is 34.5 Å². The summed E-state index contributed by atoms with van der Waals surface area (Å²) in [5.74, 6) is -0.622. The summed E-state index contributed by atoms with van der Waals surface area (Å²) in [5, 5.41) is 6.44. The van der Waals surface area contributed by atoms with E-state index >= 15 is 0 Å². The second-order valence-electron chi connectivity index (χ2n) is 9.15. The number of nitrogens with zero attached hydrogens (tertiary/aromatic N) is 1. The van der Waals surface area contributed by atoms with Crippen LogP contribution >= 0.6 is 0 Å². The third kappa shape index (κ3) is 6.27. The Morgan fingerprint density at radius 2 is 1.59 bits per heavy atom. The number of benzene rings is 3. The van der Waals surface area contributed by atoms with Crippen LogP contribution in [0.1, 0.15) is 60.7 Å². The SMILES string of the molecule is CCCN(CCC)Cc1ccc(N/C(=C2\C(=O)Nc3cc(C(=O)OCC)ccc32)c2ccccc2)cc1. The summed E-state index contributed by atoms with van der Waals surface area (Å²) in [6.07, 6.45) is 2.27. The molecule has 4 rings (SSSR count). The lowest BCUT2D eigenvalue weighted by molar-refractivity contribution is -0.110. The number of fused-ring (bicyclic) bond motifs is 1. The van der Waals surface area contributed by atoms with Gasteiger partial charge in [0.25, 0.3) is 5.91 Å². The van der Waals surface area contributed by atoms with Crippen LogP contribution in [0.15, 0.2) is 72.8 Å². The van der Waals surface area contributed by atoms with E-state index in [0.29, 0.717) is 29.1 Å². The molecule has 0 bridgehead atoms. The molecule has 0 saturated heterocycles. The van der Waals surface area contributed by atoms with Crippen LogP contribution in [0.4, 0.5) is 11.4 Å². The number of nitrogens with one attached hydrogen (secondary N) is 2. The smallest absolute Gasteiger partial charge is 0.338 e. The van der Waals surface area contributed by atoms with Crippen LogP contribution in [0.25, 0.3) is 11.3 Å². The van der Waals surface area contributed by atoms with Gasteiger partial charge >= 0.3 is 5.97 Å². The first-order valence-electron chi connectivity index (χ1n) is 13.0. The van der Waals surface area contributed by atoms with Crippen molar-refractivity contribution in [3.8, 4) is 0 Å². The Hall–Kier alpha value is -3.90.